The molecule has 0 atom stereocenters. The highest BCUT2D eigenvalue weighted by Crippen LogP contribution is 2.34. The molecule has 0 aliphatic carbocycles. The zero-order valence-corrected chi connectivity index (χ0v) is 13.3. The summed E-state index contributed by atoms with van der Waals surface area (Å²) in [6, 6.07) is 7.71. The minimum Gasteiger partial charge on any atom is -0.292 e. The number of alkyl halides is 2. The molecular weight excluding hydrogens is 335 g/mol. The van der Waals surface area contributed by atoms with Gasteiger partial charge in [-0.3, -0.25) is 9.59 Å². The van der Waals surface area contributed by atoms with Crippen molar-refractivity contribution in [1.29, 1.82) is 0 Å². The third-order valence-electron chi connectivity index (χ3n) is 2.95. The second kappa shape index (κ2) is 5.45. The van der Waals surface area contributed by atoms with E-state index < -0.39 is 0 Å². The normalized spacial score (nSPS) is 11.3. The molecule has 0 radical (unpaired) electrons. The van der Waals surface area contributed by atoms with Crippen LogP contribution in [-0.4, -0.2) is 23.3 Å². The predicted octanol–water partition coefficient (Wildman–Crippen LogP) is 4.96. The Morgan fingerprint density at radius 2 is 1.20 bits per heavy atom. The van der Waals surface area contributed by atoms with Crippen molar-refractivity contribution in [2.45, 2.75) is 0 Å². The molecule has 0 aliphatic rings. The molecule has 0 bridgehead atoms. The Kier molecular flexibility index (Phi) is 3.82. The molecule has 0 saturated heterocycles. The lowest BCUT2D eigenvalue weighted by molar-refractivity contribution is 0.101. The number of carbonyl (C=O) groups excluding carboxylic acids is 2. The number of benzene rings is 1. The first-order valence-electron chi connectivity index (χ1n) is 5.78. The Morgan fingerprint density at radius 1 is 0.800 bits per heavy atom. The second-order valence-electron chi connectivity index (χ2n) is 4.26. The van der Waals surface area contributed by atoms with Crippen molar-refractivity contribution >= 4 is 77.6 Å². The molecule has 2 aromatic heterocycles. The van der Waals surface area contributed by atoms with E-state index in [1.165, 1.54) is 22.7 Å². The molecule has 20 heavy (non-hydrogen) atoms. The average molecular weight is 343 g/mol. The minimum absolute atomic E-state index is 0.00440. The Labute approximate surface area is 132 Å². The number of rotatable bonds is 4. The standard InChI is InChI=1S/C14H8Cl2O2S2/c15-5-9(17)13-3-7-1-11-8(2-12(7)20-13)4-14(19-11)10(18)6-16/h1-4H,5-6H2. The predicted molar refractivity (Wildman–Crippen MR) is 87.3 cm³/mol. The zero-order chi connectivity index (χ0) is 14.3. The van der Waals surface area contributed by atoms with E-state index in [0.29, 0.717) is 9.75 Å². The quantitative estimate of drug-likeness (QED) is 0.496. The maximum Gasteiger partial charge on any atom is 0.187 e. The van der Waals surface area contributed by atoms with Crippen molar-refractivity contribution < 1.29 is 9.59 Å². The summed E-state index contributed by atoms with van der Waals surface area (Å²) >= 11 is 14.0. The first kappa shape index (κ1) is 14.0. The van der Waals surface area contributed by atoms with Gasteiger partial charge >= 0.3 is 0 Å². The summed E-state index contributed by atoms with van der Waals surface area (Å²) in [6.45, 7) is 0. The molecule has 0 N–H and O–H groups in total. The number of thiophene rings is 2. The minimum atomic E-state index is -0.0609. The lowest BCUT2D eigenvalue weighted by atomic mass is 10.2. The van der Waals surface area contributed by atoms with Gasteiger partial charge in [0.15, 0.2) is 11.6 Å². The van der Waals surface area contributed by atoms with Crippen LogP contribution in [0.1, 0.15) is 19.3 Å². The van der Waals surface area contributed by atoms with Gasteiger partial charge in [-0.25, -0.2) is 0 Å². The molecule has 6 heteroatoms. The van der Waals surface area contributed by atoms with E-state index in [4.69, 9.17) is 23.2 Å². The van der Waals surface area contributed by atoms with Crippen molar-refractivity contribution in [1.82, 2.24) is 0 Å². The molecule has 0 aliphatic heterocycles. The van der Waals surface area contributed by atoms with Gasteiger partial charge in [-0.1, -0.05) is 0 Å². The van der Waals surface area contributed by atoms with Gasteiger partial charge in [0.2, 0.25) is 0 Å². The Bertz CT molecular complexity index is 716. The Balaban J connectivity index is 2.15. The molecule has 0 spiro atoms. The van der Waals surface area contributed by atoms with E-state index >= 15 is 0 Å². The van der Waals surface area contributed by atoms with Crippen molar-refractivity contribution in [3.05, 3.63) is 34.0 Å². The first-order chi connectivity index (χ1) is 9.62. The van der Waals surface area contributed by atoms with Crippen molar-refractivity contribution in [2.75, 3.05) is 11.8 Å². The molecule has 0 unspecified atom stereocenters. The number of halogens is 2. The van der Waals surface area contributed by atoms with E-state index in [9.17, 15) is 9.59 Å². The fraction of sp³-hybridized carbons (Fsp3) is 0.143. The van der Waals surface area contributed by atoms with Gasteiger partial charge < -0.3 is 0 Å². The van der Waals surface area contributed by atoms with Crippen LogP contribution in [0.3, 0.4) is 0 Å². The highest BCUT2D eigenvalue weighted by molar-refractivity contribution is 7.22. The topological polar surface area (TPSA) is 34.1 Å². The molecule has 2 heterocycles. The van der Waals surface area contributed by atoms with Crippen LogP contribution in [0.4, 0.5) is 0 Å². The maximum absolute atomic E-state index is 11.6. The zero-order valence-electron chi connectivity index (χ0n) is 10.1. The van der Waals surface area contributed by atoms with Gasteiger partial charge in [-0.05, 0) is 35.0 Å². The summed E-state index contributed by atoms with van der Waals surface area (Å²) in [5.41, 5.74) is 0. The Hall–Kier alpha value is -0.940. The molecule has 3 aromatic rings. The largest absolute Gasteiger partial charge is 0.292 e. The third kappa shape index (κ3) is 2.37. The molecule has 0 amide bonds. The fourth-order valence-electron chi connectivity index (χ4n) is 1.98. The third-order valence-corrected chi connectivity index (χ3v) is 5.71. The van der Waals surface area contributed by atoms with Crippen LogP contribution >= 0.6 is 45.9 Å². The fourth-order valence-corrected chi connectivity index (χ4v) is 4.49. The Morgan fingerprint density at radius 3 is 1.55 bits per heavy atom. The summed E-state index contributed by atoms with van der Waals surface area (Å²) < 4.78 is 2.04. The first-order valence-corrected chi connectivity index (χ1v) is 8.48. The number of fused-ring (bicyclic) bond motifs is 2. The van der Waals surface area contributed by atoms with Crippen molar-refractivity contribution in [2.24, 2.45) is 0 Å². The summed E-state index contributed by atoms with van der Waals surface area (Å²) in [7, 11) is 0. The van der Waals surface area contributed by atoms with Crippen LogP contribution in [0.5, 0.6) is 0 Å². The monoisotopic (exact) mass is 342 g/mol. The van der Waals surface area contributed by atoms with Crippen LogP contribution < -0.4 is 0 Å². The van der Waals surface area contributed by atoms with Crippen molar-refractivity contribution in [3.8, 4) is 0 Å². The van der Waals surface area contributed by atoms with Crippen LogP contribution in [0.2, 0.25) is 0 Å². The summed E-state index contributed by atoms with van der Waals surface area (Å²) in [5.74, 6) is -0.131. The highest BCUT2D eigenvalue weighted by atomic mass is 35.5. The molecule has 3 rings (SSSR count). The summed E-state index contributed by atoms with van der Waals surface area (Å²) in [5, 5.41) is 2.00. The maximum atomic E-state index is 11.6. The van der Waals surface area contributed by atoms with E-state index in [0.717, 1.165) is 20.2 Å². The smallest absolute Gasteiger partial charge is 0.187 e. The number of ketones is 2. The van der Waals surface area contributed by atoms with Gasteiger partial charge in [0.1, 0.15) is 0 Å². The van der Waals surface area contributed by atoms with Crippen LogP contribution in [0.25, 0.3) is 20.2 Å². The molecule has 102 valence electrons. The lowest BCUT2D eigenvalue weighted by Gasteiger charge is -1.89. The van der Waals surface area contributed by atoms with Gasteiger partial charge in [0.05, 0.1) is 21.5 Å². The van der Waals surface area contributed by atoms with Gasteiger partial charge in [-0.15, -0.1) is 45.9 Å². The highest BCUT2D eigenvalue weighted by Gasteiger charge is 2.13. The number of hydrogen-bond acceptors (Lipinski definition) is 4. The molecule has 0 saturated carbocycles. The SMILES string of the molecule is O=C(CCl)c1cc2cc3sc(C(=O)CCl)cc3cc2s1. The lowest BCUT2D eigenvalue weighted by Crippen LogP contribution is -1.95. The van der Waals surface area contributed by atoms with Gasteiger partial charge in [0, 0.05) is 9.40 Å². The van der Waals surface area contributed by atoms with Crippen LogP contribution in [-0.2, 0) is 0 Å². The molecule has 0 fully saturated rings. The van der Waals surface area contributed by atoms with Crippen LogP contribution in [0.15, 0.2) is 24.3 Å². The van der Waals surface area contributed by atoms with Crippen molar-refractivity contribution in [3.63, 3.8) is 0 Å². The molecule has 1 aromatic carbocycles. The van der Waals surface area contributed by atoms with E-state index in [1.807, 2.05) is 24.3 Å². The summed E-state index contributed by atoms with van der Waals surface area (Å²) in [4.78, 5) is 24.6. The van der Waals surface area contributed by atoms with E-state index in [1.54, 1.807) is 0 Å². The van der Waals surface area contributed by atoms with Gasteiger partial charge in [-0.2, -0.15) is 0 Å². The number of Topliss-reactive ketones (excluding diaryl/α,β-unsaturated/α-hetero) is 2. The average Bonchev–Trinajstić information content (AvgIpc) is 3.05. The second-order valence-corrected chi connectivity index (χ2v) is 6.96. The van der Waals surface area contributed by atoms with E-state index in [2.05, 4.69) is 0 Å². The van der Waals surface area contributed by atoms with Gasteiger partial charge in [0.25, 0.3) is 0 Å². The summed E-state index contributed by atoms with van der Waals surface area (Å²) in [6.07, 6.45) is 0. The van der Waals surface area contributed by atoms with E-state index in [-0.39, 0.29) is 23.3 Å². The number of hydrogen-bond donors (Lipinski definition) is 0. The van der Waals surface area contributed by atoms with Crippen LogP contribution in [0, 0.1) is 0 Å². The number of carbonyl (C=O) groups is 2. The molecular formula is C14H8Cl2O2S2. The molecule has 2 nitrogen and oxygen atoms in total.